The summed E-state index contributed by atoms with van der Waals surface area (Å²) in [7, 11) is 0. The fourth-order valence-electron chi connectivity index (χ4n) is 4.08. The SMILES string of the molecule is CCCCCCCCCCCCCCCC(=O)OC[C@H](O)COC(=O)CCCCCCCCC. The molecular formula is C29H56O5. The number of aliphatic hydroxyl groups is 1. The van der Waals surface area contributed by atoms with E-state index in [-0.39, 0.29) is 25.2 Å². The average molecular weight is 485 g/mol. The molecule has 0 bridgehead atoms. The van der Waals surface area contributed by atoms with E-state index in [9.17, 15) is 14.7 Å². The molecule has 0 radical (unpaired) electrons. The molecule has 0 saturated heterocycles. The Bertz CT molecular complexity index is 452. The molecule has 0 heterocycles. The van der Waals surface area contributed by atoms with Gasteiger partial charge in [0, 0.05) is 12.8 Å². The van der Waals surface area contributed by atoms with Gasteiger partial charge in [0.2, 0.25) is 0 Å². The molecule has 34 heavy (non-hydrogen) atoms. The lowest BCUT2D eigenvalue weighted by Crippen LogP contribution is -2.25. The van der Waals surface area contributed by atoms with Crippen molar-refractivity contribution in [2.24, 2.45) is 0 Å². The van der Waals surface area contributed by atoms with Crippen molar-refractivity contribution in [1.29, 1.82) is 0 Å². The Labute approximate surface area is 210 Å². The number of ether oxygens (including phenoxy) is 2. The molecule has 0 rings (SSSR count). The lowest BCUT2D eigenvalue weighted by Gasteiger charge is -2.12. The molecule has 1 atom stereocenters. The Hall–Kier alpha value is -1.10. The van der Waals surface area contributed by atoms with Gasteiger partial charge >= 0.3 is 11.9 Å². The minimum atomic E-state index is -0.950. The van der Waals surface area contributed by atoms with Gasteiger partial charge in [0.1, 0.15) is 19.3 Å². The van der Waals surface area contributed by atoms with E-state index in [4.69, 9.17) is 9.47 Å². The van der Waals surface area contributed by atoms with Crippen molar-refractivity contribution in [3.63, 3.8) is 0 Å². The first-order valence-corrected chi connectivity index (χ1v) is 14.6. The van der Waals surface area contributed by atoms with E-state index in [0.717, 1.165) is 32.1 Å². The van der Waals surface area contributed by atoms with Gasteiger partial charge in [-0.1, -0.05) is 129 Å². The lowest BCUT2D eigenvalue weighted by molar-refractivity contribution is -0.152. The van der Waals surface area contributed by atoms with Crippen LogP contribution in [-0.2, 0) is 19.1 Å². The summed E-state index contributed by atoms with van der Waals surface area (Å²) in [6, 6.07) is 0. The summed E-state index contributed by atoms with van der Waals surface area (Å²) in [5.41, 5.74) is 0. The molecule has 0 saturated carbocycles. The Morgan fingerprint density at radius 2 is 0.765 bits per heavy atom. The van der Waals surface area contributed by atoms with Crippen LogP contribution in [-0.4, -0.2) is 36.4 Å². The zero-order valence-electron chi connectivity index (χ0n) is 22.6. The van der Waals surface area contributed by atoms with Crippen molar-refractivity contribution in [3.05, 3.63) is 0 Å². The molecule has 0 aliphatic heterocycles. The topological polar surface area (TPSA) is 72.8 Å². The Morgan fingerprint density at radius 1 is 0.500 bits per heavy atom. The molecule has 5 nitrogen and oxygen atoms in total. The zero-order chi connectivity index (χ0) is 25.1. The first kappa shape index (κ1) is 32.9. The van der Waals surface area contributed by atoms with Gasteiger partial charge in [-0.15, -0.1) is 0 Å². The molecule has 0 aliphatic rings. The van der Waals surface area contributed by atoms with Gasteiger partial charge in [-0.25, -0.2) is 0 Å². The predicted octanol–water partition coefficient (Wildman–Crippen LogP) is 8.06. The van der Waals surface area contributed by atoms with E-state index >= 15 is 0 Å². The van der Waals surface area contributed by atoms with Gasteiger partial charge in [0.25, 0.3) is 0 Å². The summed E-state index contributed by atoms with van der Waals surface area (Å²) in [6.45, 7) is 4.24. The molecule has 0 unspecified atom stereocenters. The van der Waals surface area contributed by atoms with Gasteiger partial charge in [0.15, 0.2) is 0 Å². The number of hydrogen-bond donors (Lipinski definition) is 1. The summed E-state index contributed by atoms with van der Waals surface area (Å²) >= 11 is 0. The van der Waals surface area contributed by atoms with Gasteiger partial charge in [0.05, 0.1) is 0 Å². The maximum absolute atomic E-state index is 11.8. The number of esters is 2. The van der Waals surface area contributed by atoms with Crippen LogP contribution >= 0.6 is 0 Å². The van der Waals surface area contributed by atoms with Gasteiger partial charge in [-0.2, -0.15) is 0 Å². The smallest absolute Gasteiger partial charge is 0.305 e. The summed E-state index contributed by atoms with van der Waals surface area (Å²) in [6.07, 6.45) is 24.4. The van der Waals surface area contributed by atoms with Crippen molar-refractivity contribution in [2.45, 2.75) is 161 Å². The molecule has 0 aliphatic carbocycles. The molecular weight excluding hydrogens is 428 g/mol. The number of carbonyl (C=O) groups excluding carboxylic acids is 2. The highest BCUT2D eigenvalue weighted by atomic mass is 16.6. The van der Waals surface area contributed by atoms with Crippen LogP contribution in [0.15, 0.2) is 0 Å². The van der Waals surface area contributed by atoms with Gasteiger partial charge < -0.3 is 14.6 Å². The van der Waals surface area contributed by atoms with Gasteiger partial charge in [-0.3, -0.25) is 9.59 Å². The van der Waals surface area contributed by atoms with E-state index in [1.807, 2.05) is 0 Å². The summed E-state index contributed by atoms with van der Waals surface area (Å²) in [5, 5.41) is 9.87. The fraction of sp³-hybridized carbons (Fsp3) is 0.931. The molecule has 0 amide bonds. The molecule has 202 valence electrons. The van der Waals surface area contributed by atoms with Gasteiger partial charge in [-0.05, 0) is 12.8 Å². The third-order valence-electron chi connectivity index (χ3n) is 6.34. The van der Waals surface area contributed by atoms with Crippen LogP contribution in [0.4, 0.5) is 0 Å². The van der Waals surface area contributed by atoms with Crippen LogP contribution in [0.3, 0.4) is 0 Å². The highest BCUT2D eigenvalue weighted by molar-refractivity contribution is 5.69. The molecule has 0 aromatic rings. The Balaban J connectivity index is 3.41. The third-order valence-corrected chi connectivity index (χ3v) is 6.34. The van der Waals surface area contributed by atoms with Crippen LogP contribution in [0.5, 0.6) is 0 Å². The molecule has 0 aromatic heterocycles. The first-order valence-electron chi connectivity index (χ1n) is 14.6. The van der Waals surface area contributed by atoms with E-state index < -0.39 is 6.10 Å². The molecule has 0 fully saturated rings. The van der Waals surface area contributed by atoms with E-state index in [2.05, 4.69) is 13.8 Å². The van der Waals surface area contributed by atoms with Crippen LogP contribution < -0.4 is 0 Å². The second-order valence-corrected chi connectivity index (χ2v) is 9.88. The minimum Gasteiger partial charge on any atom is -0.463 e. The average Bonchev–Trinajstić information content (AvgIpc) is 2.83. The highest BCUT2D eigenvalue weighted by Crippen LogP contribution is 2.13. The number of aliphatic hydroxyl groups excluding tert-OH is 1. The predicted molar refractivity (Wildman–Crippen MR) is 141 cm³/mol. The second kappa shape index (κ2) is 26.5. The summed E-state index contributed by atoms with van der Waals surface area (Å²) in [5.74, 6) is -0.567. The quantitative estimate of drug-likeness (QED) is 0.0992. The molecule has 0 spiro atoms. The summed E-state index contributed by atoms with van der Waals surface area (Å²) < 4.78 is 10.2. The van der Waals surface area contributed by atoms with Crippen molar-refractivity contribution < 1.29 is 24.2 Å². The number of unbranched alkanes of at least 4 members (excludes halogenated alkanes) is 18. The van der Waals surface area contributed by atoms with Crippen molar-refractivity contribution >= 4 is 11.9 Å². The molecule has 5 heteroatoms. The highest BCUT2D eigenvalue weighted by Gasteiger charge is 2.12. The summed E-state index contributed by atoms with van der Waals surface area (Å²) in [4.78, 5) is 23.5. The van der Waals surface area contributed by atoms with E-state index in [1.54, 1.807) is 0 Å². The fourth-order valence-corrected chi connectivity index (χ4v) is 4.08. The van der Waals surface area contributed by atoms with Crippen LogP contribution in [0.2, 0.25) is 0 Å². The Morgan fingerprint density at radius 3 is 1.06 bits per heavy atom. The van der Waals surface area contributed by atoms with Crippen molar-refractivity contribution in [1.82, 2.24) is 0 Å². The maximum Gasteiger partial charge on any atom is 0.305 e. The maximum atomic E-state index is 11.8. The Kier molecular flexibility index (Phi) is 25.6. The van der Waals surface area contributed by atoms with E-state index in [0.29, 0.717) is 12.8 Å². The normalized spacial score (nSPS) is 12.0. The third kappa shape index (κ3) is 25.5. The van der Waals surface area contributed by atoms with Crippen molar-refractivity contribution in [2.75, 3.05) is 13.2 Å². The standard InChI is InChI=1S/C29H56O5/c1-3-5-7-9-11-12-13-14-15-16-18-20-22-24-29(32)34-26-27(30)25-33-28(31)23-21-19-17-10-8-6-4-2/h27,30H,3-26H2,1-2H3/t27-/m1/s1. The molecule has 0 aromatic carbocycles. The largest absolute Gasteiger partial charge is 0.463 e. The second-order valence-electron chi connectivity index (χ2n) is 9.88. The monoisotopic (exact) mass is 484 g/mol. The van der Waals surface area contributed by atoms with Crippen LogP contribution in [0.25, 0.3) is 0 Å². The number of hydrogen-bond acceptors (Lipinski definition) is 5. The molecule has 1 N–H and O–H groups in total. The first-order chi connectivity index (χ1) is 16.6. The van der Waals surface area contributed by atoms with Crippen molar-refractivity contribution in [3.8, 4) is 0 Å². The van der Waals surface area contributed by atoms with Crippen LogP contribution in [0.1, 0.15) is 155 Å². The number of rotatable bonds is 26. The minimum absolute atomic E-state index is 0.109. The lowest BCUT2D eigenvalue weighted by atomic mass is 10.0. The number of carbonyl (C=O) groups is 2. The van der Waals surface area contributed by atoms with E-state index in [1.165, 1.54) is 96.3 Å². The van der Waals surface area contributed by atoms with Crippen LogP contribution in [0, 0.1) is 0 Å². The zero-order valence-corrected chi connectivity index (χ0v) is 22.6.